The van der Waals surface area contributed by atoms with Gasteiger partial charge in [-0.15, -0.1) is 0 Å². The zero-order valence-electron chi connectivity index (χ0n) is 10.2. The minimum Gasteiger partial charge on any atom is -0.383 e. The molecule has 4 heteroatoms. The van der Waals surface area contributed by atoms with E-state index < -0.39 is 17.2 Å². The maximum absolute atomic E-state index is 10.0. The Morgan fingerprint density at radius 3 is 2.31 bits per heavy atom. The Labute approximate surface area is 96.1 Å². The summed E-state index contributed by atoms with van der Waals surface area (Å²) in [6.07, 6.45) is 0.747. The second kappa shape index (κ2) is 3.70. The van der Waals surface area contributed by atoms with E-state index in [-0.39, 0.29) is 5.57 Å². The molecule has 0 fully saturated rings. The van der Waals surface area contributed by atoms with Gasteiger partial charge in [0, 0.05) is 0 Å². The molecule has 0 aromatic rings. The van der Waals surface area contributed by atoms with Crippen LogP contribution in [0.3, 0.4) is 0 Å². The van der Waals surface area contributed by atoms with Crippen molar-refractivity contribution in [2.75, 3.05) is 0 Å². The molecule has 1 heterocycles. The van der Waals surface area contributed by atoms with E-state index in [2.05, 4.69) is 6.58 Å². The monoisotopic (exact) mass is 222 g/mol. The lowest BCUT2D eigenvalue weighted by atomic mass is 9.89. The number of nitrogens with zero attached hydrogens (tertiary/aromatic N) is 2. The number of rotatable bonds is 2. The zero-order chi connectivity index (χ0) is 12.7. The molecule has 1 aliphatic heterocycles. The molecule has 1 unspecified atom stereocenters. The van der Waals surface area contributed by atoms with Gasteiger partial charge in [0.25, 0.3) is 0 Å². The number of aliphatic hydroxyl groups excluding tert-OH is 1. The summed E-state index contributed by atoms with van der Waals surface area (Å²) in [4.78, 5) is 0. The SMILES string of the molecule is C=C(C#N)C(O)C1=CC(C)(C)N(O)C1(C)C. The summed E-state index contributed by atoms with van der Waals surface area (Å²) in [5, 5.41) is 29.9. The summed E-state index contributed by atoms with van der Waals surface area (Å²) in [5.41, 5.74) is -0.574. The number of hydrogen-bond acceptors (Lipinski definition) is 4. The van der Waals surface area contributed by atoms with Gasteiger partial charge in [-0.3, -0.25) is 0 Å². The van der Waals surface area contributed by atoms with E-state index >= 15 is 0 Å². The number of hydrogen-bond donors (Lipinski definition) is 2. The van der Waals surface area contributed by atoms with Gasteiger partial charge in [0.1, 0.15) is 6.10 Å². The molecule has 0 aliphatic carbocycles. The zero-order valence-corrected chi connectivity index (χ0v) is 10.2. The maximum Gasteiger partial charge on any atom is 0.111 e. The molecule has 0 aromatic carbocycles. The molecule has 0 spiro atoms. The van der Waals surface area contributed by atoms with Crippen LogP contribution in [0.4, 0.5) is 0 Å². The Hall–Kier alpha value is -1.15. The van der Waals surface area contributed by atoms with Crippen LogP contribution >= 0.6 is 0 Å². The lowest BCUT2D eigenvalue weighted by Crippen LogP contribution is -2.49. The maximum atomic E-state index is 10.0. The van der Waals surface area contributed by atoms with Crippen LogP contribution in [0.25, 0.3) is 0 Å². The third-order valence-corrected chi connectivity index (χ3v) is 3.06. The predicted molar refractivity (Wildman–Crippen MR) is 60.6 cm³/mol. The highest BCUT2D eigenvalue weighted by molar-refractivity contribution is 5.40. The quantitative estimate of drug-likeness (QED) is 0.550. The molecule has 2 N–H and O–H groups in total. The molecule has 88 valence electrons. The molecule has 0 aromatic heterocycles. The predicted octanol–water partition coefficient (Wildman–Crippen LogP) is 1.62. The highest BCUT2D eigenvalue weighted by Gasteiger charge is 2.47. The van der Waals surface area contributed by atoms with E-state index in [0.29, 0.717) is 5.57 Å². The Morgan fingerprint density at radius 2 is 2.00 bits per heavy atom. The standard InChI is InChI=1S/C12H18N2O2/c1-8(7-13)10(15)9-6-11(2,3)14(16)12(9,4)5/h6,10,15-16H,1H2,2-5H3. The molecule has 1 atom stereocenters. The van der Waals surface area contributed by atoms with Gasteiger partial charge in [-0.1, -0.05) is 12.7 Å². The molecule has 0 amide bonds. The number of aliphatic hydroxyl groups is 1. The first-order valence-corrected chi connectivity index (χ1v) is 5.14. The highest BCUT2D eigenvalue weighted by Crippen LogP contribution is 2.40. The van der Waals surface area contributed by atoms with Crippen molar-refractivity contribution in [3.8, 4) is 6.07 Å². The molecule has 0 saturated carbocycles. The van der Waals surface area contributed by atoms with Crippen molar-refractivity contribution in [2.45, 2.75) is 44.9 Å². The van der Waals surface area contributed by atoms with Crippen molar-refractivity contribution in [3.63, 3.8) is 0 Å². The highest BCUT2D eigenvalue weighted by atomic mass is 16.5. The first-order valence-electron chi connectivity index (χ1n) is 5.14. The smallest absolute Gasteiger partial charge is 0.111 e. The van der Waals surface area contributed by atoms with Gasteiger partial charge < -0.3 is 10.3 Å². The Balaban J connectivity index is 3.16. The lowest BCUT2D eigenvalue weighted by Gasteiger charge is -2.37. The third kappa shape index (κ3) is 1.78. The van der Waals surface area contributed by atoms with Gasteiger partial charge in [-0.05, 0) is 33.3 Å². The molecular formula is C12H18N2O2. The number of hydroxylamine groups is 2. The van der Waals surface area contributed by atoms with Gasteiger partial charge in [0.15, 0.2) is 0 Å². The third-order valence-electron chi connectivity index (χ3n) is 3.06. The van der Waals surface area contributed by atoms with E-state index in [4.69, 9.17) is 5.26 Å². The molecule has 16 heavy (non-hydrogen) atoms. The fourth-order valence-electron chi connectivity index (χ4n) is 2.12. The Morgan fingerprint density at radius 1 is 1.50 bits per heavy atom. The van der Waals surface area contributed by atoms with Crippen LogP contribution in [0.15, 0.2) is 23.8 Å². The van der Waals surface area contributed by atoms with Crippen LogP contribution in [0.1, 0.15) is 27.7 Å². The van der Waals surface area contributed by atoms with Crippen molar-refractivity contribution in [1.29, 1.82) is 5.26 Å². The molecule has 1 aliphatic rings. The second-order valence-corrected chi connectivity index (χ2v) is 5.16. The number of nitriles is 1. The van der Waals surface area contributed by atoms with Gasteiger partial charge in [0.2, 0.25) is 0 Å². The molecular weight excluding hydrogens is 204 g/mol. The van der Waals surface area contributed by atoms with Crippen LogP contribution < -0.4 is 0 Å². The second-order valence-electron chi connectivity index (χ2n) is 5.16. The first kappa shape index (κ1) is 12.9. The summed E-state index contributed by atoms with van der Waals surface area (Å²) in [6, 6.07) is 1.84. The summed E-state index contributed by atoms with van der Waals surface area (Å²) in [5.74, 6) is 0. The summed E-state index contributed by atoms with van der Waals surface area (Å²) >= 11 is 0. The molecule has 0 saturated heterocycles. The van der Waals surface area contributed by atoms with E-state index in [0.717, 1.165) is 0 Å². The van der Waals surface area contributed by atoms with Crippen LogP contribution in [-0.4, -0.2) is 32.6 Å². The van der Waals surface area contributed by atoms with Gasteiger partial charge >= 0.3 is 0 Å². The lowest BCUT2D eigenvalue weighted by molar-refractivity contribution is -0.186. The topological polar surface area (TPSA) is 67.5 Å². The van der Waals surface area contributed by atoms with E-state index in [1.807, 2.05) is 19.9 Å². The van der Waals surface area contributed by atoms with Crippen molar-refractivity contribution in [3.05, 3.63) is 23.8 Å². The van der Waals surface area contributed by atoms with Crippen molar-refractivity contribution < 1.29 is 10.3 Å². The molecule has 0 bridgehead atoms. The average Bonchev–Trinajstić information content (AvgIpc) is 2.37. The fourth-order valence-corrected chi connectivity index (χ4v) is 2.12. The molecule has 0 radical (unpaired) electrons. The van der Waals surface area contributed by atoms with E-state index in [1.54, 1.807) is 19.9 Å². The van der Waals surface area contributed by atoms with Crippen LogP contribution in [-0.2, 0) is 0 Å². The average molecular weight is 222 g/mol. The van der Waals surface area contributed by atoms with Crippen LogP contribution in [0.2, 0.25) is 0 Å². The summed E-state index contributed by atoms with van der Waals surface area (Å²) in [6.45, 7) is 10.8. The van der Waals surface area contributed by atoms with E-state index in [9.17, 15) is 10.3 Å². The van der Waals surface area contributed by atoms with E-state index in [1.165, 1.54) is 5.06 Å². The van der Waals surface area contributed by atoms with Crippen molar-refractivity contribution in [2.24, 2.45) is 0 Å². The van der Waals surface area contributed by atoms with Gasteiger partial charge in [-0.2, -0.15) is 10.3 Å². The molecule has 1 rings (SSSR count). The van der Waals surface area contributed by atoms with Crippen LogP contribution in [0, 0.1) is 11.3 Å². The normalized spacial score (nSPS) is 24.7. The van der Waals surface area contributed by atoms with Gasteiger partial charge in [0.05, 0.1) is 22.7 Å². The Bertz CT molecular complexity index is 388. The van der Waals surface area contributed by atoms with Crippen LogP contribution in [0.5, 0.6) is 0 Å². The summed E-state index contributed by atoms with van der Waals surface area (Å²) < 4.78 is 0. The minimum absolute atomic E-state index is 0.0884. The fraction of sp³-hybridized carbons (Fsp3) is 0.583. The largest absolute Gasteiger partial charge is 0.383 e. The van der Waals surface area contributed by atoms with Crippen molar-refractivity contribution >= 4 is 0 Å². The molecule has 4 nitrogen and oxygen atoms in total. The van der Waals surface area contributed by atoms with Crippen molar-refractivity contribution in [1.82, 2.24) is 5.06 Å². The Kier molecular flexibility index (Phi) is 2.99. The minimum atomic E-state index is -1.03. The van der Waals surface area contributed by atoms with Gasteiger partial charge in [-0.25, -0.2) is 0 Å². The summed E-state index contributed by atoms with van der Waals surface area (Å²) in [7, 11) is 0. The first-order chi connectivity index (χ1) is 7.14.